The monoisotopic (exact) mass is 563 g/mol. The fourth-order valence-corrected chi connectivity index (χ4v) is 2.78. The minimum atomic E-state index is -2.52. The second-order valence-corrected chi connectivity index (χ2v) is 7.18. The summed E-state index contributed by atoms with van der Waals surface area (Å²) in [4.78, 5) is 4.50. The maximum Gasteiger partial charge on any atom is 0.272 e. The van der Waals surface area contributed by atoms with E-state index in [2.05, 4.69) is 15.6 Å². The summed E-state index contributed by atoms with van der Waals surface area (Å²) in [6, 6.07) is 14.3. The predicted octanol–water partition coefficient (Wildman–Crippen LogP) is 4.52. The Morgan fingerprint density at radius 1 is 1.06 bits per heavy atom. The van der Waals surface area contributed by atoms with Crippen LogP contribution in [0.3, 0.4) is 0 Å². The molecule has 178 valence electrons. The fraction of sp³-hybridized carbons (Fsp3) is 0.435. The van der Waals surface area contributed by atoms with Gasteiger partial charge in [-0.15, -0.1) is 24.0 Å². The van der Waals surface area contributed by atoms with Crippen LogP contribution in [0.25, 0.3) is 0 Å². The summed E-state index contributed by atoms with van der Waals surface area (Å²) in [7, 11) is 0. The van der Waals surface area contributed by atoms with Gasteiger partial charge in [-0.25, -0.2) is 13.8 Å². The quantitative estimate of drug-likeness (QED) is 0.213. The van der Waals surface area contributed by atoms with Crippen LogP contribution in [0.2, 0.25) is 0 Å². The number of guanidine groups is 1. The number of aliphatic hydroxyl groups excluding tert-OH is 1. The van der Waals surface area contributed by atoms with E-state index in [4.69, 9.17) is 9.47 Å². The molecule has 1 unspecified atom stereocenters. The average molecular weight is 563 g/mol. The lowest BCUT2D eigenvalue weighted by molar-refractivity contribution is 0.0818. The number of hydrogen-bond acceptors (Lipinski definition) is 4. The summed E-state index contributed by atoms with van der Waals surface area (Å²) in [5.41, 5.74) is 1.56. The molecule has 0 heterocycles. The first kappa shape index (κ1) is 27.9. The molecule has 0 fully saturated rings. The smallest absolute Gasteiger partial charge is 0.272 e. The van der Waals surface area contributed by atoms with E-state index >= 15 is 0 Å². The van der Waals surface area contributed by atoms with Gasteiger partial charge in [0.1, 0.15) is 18.1 Å². The molecule has 0 spiro atoms. The van der Waals surface area contributed by atoms with Crippen LogP contribution in [0.15, 0.2) is 53.5 Å². The van der Waals surface area contributed by atoms with Crippen molar-refractivity contribution < 1.29 is 23.4 Å². The highest BCUT2D eigenvalue weighted by atomic mass is 127. The maximum atomic E-state index is 12.3. The van der Waals surface area contributed by atoms with Crippen LogP contribution in [0.1, 0.15) is 38.0 Å². The van der Waals surface area contributed by atoms with Gasteiger partial charge in [0.2, 0.25) is 0 Å². The van der Waals surface area contributed by atoms with Gasteiger partial charge < -0.3 is 25.2 Å². The molecule has 0 aliphatic heterocycles. The number of aliphatic hydroxyl groups is 1. The van der Waals surface area contributed by atoms with Crippen LogP contribution in [0.5, 0.6) is 11.5 Å². The molecule has 2 aromatic rings. The number of benzene rings is 2. The van der Waals surface area contributed by atoms with Gasteiger partial charge in [0.25, 0.3) is 6.43 Å². The molecular weight excluding hydrogens is 531 g/mol. The molecule has 2 aromatic carbocycles. The van der Waals surface area contributed by atoms with E-state index in [9.17, 15) is 13.9 Å². The first-order valence-corrected chi connectivity index (χ1v) is 10.3. The molecule has 0 aromatic heterocycles. The maximum absolute atomic E-state index is 12.3. The average Bonchev–Trinajstić information content (AvgIpc) is 2.74. The highest BCUT2D eigenvalue weighted by Gasteiger charge is 2.10. The van der Waals surface area contributed by atoms with E-state index in [0.717, 1.165) is 11.1 Å². The van der Waals surface area contributed by atoms with Crippen molar-refractivity contribution in [2.24, 2.45) is 4.99 Å². The number of ether oxygens (including phenoxy) is 2. The van der Waals surface area contributed by atoms with Gasteiger partial charge in [0, 0.05) is 13.1 Å². The molecule has 32 heavy (non-hydrogen) atoms. The Bertz CT molecular complexity index is 838. The molecule has 0 saturated heterocycles. The summed E-state index contributed by atoms with van der Waals surface area (Å²) in [5, 5.41) is 16.8. The summed E-state index contributed by atoms with van der Waals surface area (Å²) in [5.74, 6) is 1.63. The number of rotatable bonds is 11. The number of nitrogens with zero attached hydrogens (tertiary/aromatic N) is 1. The molecule has 1 atom stereocenters. The standard InChI is InChI=1S/C23H31F2N3O3.HI/c1-4-26-23(27-13-17-7-5-9-19(11-17)30-15-22(24)25)28-14-21(29)18-8-6-10-20(12-18)31-16(2)3;/h5-12,16,21-22,29H,4,13-15H2,1-3H3,(H2,26,27,28);1H. The molecule has 2 rings (SSSR count). The Morgan fingerprint density at radius 3 is 2.47 bits per heavy atom. The highest BCUT2D eigenvalue weighted by Crippen LogP contribution is 2.20. The molecule has 9 heteroatoms. The molecular formula is C23H32F2IN3O3. The second kappa shape index (κ2) is 14.8. The Balaban J connectivity index is 0.00000512. The number of hydrogen-bond donors (Lipinski definition) is 3. The van der Waals surface area contributed by atoms with Crippen molar-refractivity contribution in [1.29, 1.82) is 0 Å². The zero-order valence-corrected chi connectivity index (χ0v) is 20.9. The summed E-state index contributed by atoms with van der Waals surface area (Å²) < 4.78 is 35.4. The fourth-order valence-electron chi connectivity index (χ4n) is 2.78. The molecule has 0 bridgehead atoms. The van der Waals surface area contributed by atoms with Gasteiger partial charge in [-0.1, -0.05) is 24.3 Å². The molecule has 0 aliphatic carbocycles. The van der Waals surface area contributed by atoms with Gasteiger partial charge in [-0.2, -0.15) is 0 Å². The topological polar surface area (TPSA) is 75.1 Å². The molecule has 0 radical (unpaired) electrons. The lowest BCUT2D eigenvalue weighted by Crippen LogP contribution is -2.39. The minimum Gasteiger partial charge on any atom is -0.491 e. The number of alkyl halides is 2. The van der Waals surface area contributed by atoms with Gasteiger partial charge in [-0.3, -0.25) is 0 Å². The van der Waals surface area contributed by atoms with Crippen molar-refractivity contribution in [1.82, 2.24) is 10.6 Å². The van der Waals surface area contributed by atoms with Crippen LogP contribution in [-0.4, -0.2) is 43.3 Å². The molecule has 0 amide bonds. The minimum absolute atomic E-state index is 0. The van der Waals surface area contributed by atoms with Crippen molar-refractivity contribution in [2.75, 3.05) is 19.7 Å². The van der Waals surface area contributed by atoms with Crippen molar-refractivity contribution in [3.63, 3.8) is 0 Å². The molecule has 0 saturated carbocycles. The van der Waals surface area contributed by atoms with Crippen LogP contribution in [0.4, 0.5) is 8.78 Å². The van der Waals surface area contributed by atoms with E-state index in [-0.39, 0.29) is 36.6 Å². The lowest BCUT2D eigenvalue weighted by Gasteiger charge is -2.17. The number of halogens is 3. The summed E-state index contributed by atoms with van der Waals surface area (Å²) in [6.07, 6.45) is -3.21. The molecule has 0 aliphatic rings. The van der Waals surface area contributed by atoms with E-state index in [1.165, 1.54) is 0 Å². The second-order valence-electron chi connectivity index (χ2n) is 7.18. The van der Waals surface area contributed by atoms with E-state index in [1.807, 2.05) is 51.1 Å². The van der Waals surface area contributed by atoms with Gasteiger partial charge in [0.15, 0.2) is 5.96 Å². The van der Waals surface area contributed by atoms with E-state index in [0.29, 0.717) is 30.5 Å². The van der Waals surface area contributed by atoms with Crippen molar-refractivity contribution >= 4 is 29.9 Å². The summed E-state index contributed by atoms with van der Waals surface area (Å²) >= 11 is 0. The Hall–Kier alpha value is -2.14. The third-order valence-electron chi connectivity index (χ3n) is 4.12. The predicted molar refractivity (Wildman–Crippen MR) is 133 cm³/mol. The van der Waals surface area contributed by atoms with Crippen molar-refractivity contribution in [2.45, 2.75) is 45.9 Å². The molecule has 3 N–H and O–H groups in total. The summed E-state index contributed by atoms with van der Waals surface area (Å²) in [6.45, 7) is 6.44. The van der Waals surface area contributed by atoms with Crippen molar-refractivity contribution in [3.05, 3.63) is 59.7 Å². The van der Waals surface area contributed by atoms with Gasteiger partial charge >= 0.3 is 0 Å². The van der Waals surface area contributed by atoms with Crippen LogP contribution in [0, 0.1) is 0 Å². The third-order valence-corrected chi connectivity index (χ3v) is 4.12. The van der Waals surface area contributed by atoms with Gasteiger partial charge in [0.05, 0.1) is 18.8 Å². The zero-order chi connectivity index (χ0) is 22.6. The van der Waals surface area contributed by atoms with E-state index in [1.54, 1.807) is 18.2 Å². The zero-order valence-electron chi connectivity index (χ0n) is 18.6. The normalized spacial score (nSPS) is 12.3. The van der Waals surface area contributed by atoms with E-state index < -0.39 is 19.1 Å². The lowest BCUT2D eigenvalue weighted by atomic mass is 10.1. The SMILES string of the molecule is CCNC(=NCc1cccc(OCC(F)F)c1)NCC(O)c1cccc(OC(C)C)c1.I. The Labute approximate surface area is 205 Å². The Kier molecular flexibility index (Phi) is 12.9. The first-order chi connectivity index (χ1) is 14.9. The molecule has 6 nitrogen and oxygen atoms in total. The largest absolute Gasteiger partial charge is 0.491 e. The van der Waals surface area contributed by atoms with Crippen LogP contribution < -0.4 is 20.1 Å². The first-order valence-electron chi connectivity index (χ1n) is 10.3. The highest BCUT2D eigenvalue weighted by molar-refractivity contribution is 14.0. The Morgan fingerprint density at radius 2 is 1.78 bits per heavy atom. The number of aliphatic imine (C=N–C) groups is 1. The number of nitrogens with one attached hydrogen (secondary N) is 2. The third kappa shape index (κ3) is 10.4. The van der Waals surface area contributed by atoms with Gasteiger partial charge in [-0.05, 0) is 56.2 Å². The van der Waals surface area contributed by atoms with Crippen LogP contribution >= 0.6 is 24.0 Å². The van der Waals surface area contributed by atoms with Crippen molar-refractivity contribution in [3.8, 4) is 11.5 Å². The van der Waals surface area contributed by atoms with Crippen LogP contribution in [-0.2, 0) is 6.54 Å².